The van der Waals surface area contributed by atoms with E-state index in [0.29, 0.717) is 26.2 Å². The van der Waals surface area contributed by atoms with Crippen LogP contribution in [0.1, 0.15) is 25.3 Å². The number of hydrogen-bond acceptors (Lipinski definition) is 3. The van der Waals surface area contributed by atoms with E-state index >= 15 is 0 Å². The van der Waals surface area contributed by atoms with E-state index in [4.69, 9.17) is 10.5 Å². The lowest BCUT2D eigenvalue weighted by atomic mass is 10.0. The second-order valence-electron chi connectivity index (χ2n) is 5.36. The van der Waals surface area contributed by atoms with Crippen molar-refractivity contribution in [2.45, 2.75) is 32.4 Å². The van der Waals surface area contributed by atoms with E-state index in [1.807, 2.05) is 30.0 Å². The first-order valence-corrected chi connectivity index (χ1v) is 7.36. The van der Waals surface area contributed by atoms with Crippen molar-refractivity contribution in [3.05, 3.63) is 35.9 Å². The van der Waals surface area contributed by atoms with E-state index in [-0.39, 0.29) is 17.9 Å². The highest BCUT2D eigenvalue weighted by atomic mass is 16.5. The number of benzene rings is 1. The van der Waals surface area contributed by atoms with Crippen LogP contribution in [0.3, 0.4) is 0 Å². The van der Waals surface area contributed by atoms with E-state index < -0.39 is 0 Å². The van der Waals surface area contributed by atoms with Crippen LogP contribution < -0.4 is 5.73 Å². The number of carbonyl (C=O) groups is 1. The van der Waals surface area contributed by atoms with Crippen LogP contribution in [-0.4, -0.2) is 36.6 Å². The molecule has 0 bridgehead atoms. The highest BCUT2D eigenvalue weighted by molar-refractivity contribution is 5.79. The second-order valence-corrected chi connectivity index (χ2v) is 5.36. The third kappa shape index (κ3) is 3.81. The van der Waals surface area contributed by atoms with Crippen LogP contribution in [0.5, 0.6) is 0 Å². The van der Waals surface area contributed by atoms with Crippen molar-refractivity contribution >= 4 is 5.91 Å². The Morgan fingerprint density at radius 1 is 1.40 bits per heavy atom. The Hall–Kier alpha value is -1.39. The van der Waals surface area contributed by atoms with Gasteiger partial charge in [0, 0.05) is 19.7 Å². The zero-order chi connectivity index (χ0) is 14.4. The normalized spacial score (nSPS) is 21.9. The van der Waals surface area contributed by atoms with Gasteiger partial charge in [0.2, 0.25) is 5.91 Å². The summed E-state index contributed by atoms with van der Waals surface area (Å²) in [5.74, 6) is 0.198. The Morgan fingerprint density at radius 3 is 2.75 bits per heavy atom. The Balaban J connectivity index is 2.04. The van der Waals surface area contributed by atoms with Gasteiger partial charge in [0.1, 0.15) is 0 Å². The summed E-state index contributed by atoms with van der Waals surface area (Å²) >= 11 is 0. The summed E-state index contributed by atoms with van der Waals surface area (Å²) in [6.45, 7) is 4.65. The van der Waals surface area contributed by atoms with Gasteiger partial charge in [-0.2, -0.15) is 0 Å². The first-order valence-electron chi connectivity index (χ1n) is 7.36. The van der Waals surface area contributed by atoms with Crippen LogP contribution in [0.4, 0.5) is 0 Å². The minimum atomic E-state index is -0.00325. The fourth-order valence-electron chi connectivity index (χ4n) is 2.64. The SMILES string of the molecule is CC1OCCC1C(=O)N(CCCN)Cc1ccccc1. The van der Waals surface area contributed by atoms with E-state index in [1.165, 1.54) is 0 Å². The molecule has 1 aliphatic heterocycles. The fourth-order valence-corrected chi connectivity index (χ4v) is 2.64. The van der Waals surface area contributed by atoms with Gasteiger partial charge < -0.3 is 15.4 Å². The lowest BCUT2D eigenvalue weighted by Crippen LogP contribution is -2.39. The topological polar surface area (TPSA) is 55.6 Å². The molecule has 4 nitrogen and oxygen atoms in total. The van der Waals surface area contributed by atoms with Gasteiger partial charge in [0.15, 0.2) is 0 Å². The molecular formula is C16H24N2O2. The van der Waals surface area contributed by atoms with Crippen LogP contribution in [-0.2, 0) is 16.1 Å². The zero-order valence-corrected chi connectivity index (χ0v) is 12.1. The largest absolute Gasteiger partial charge is 0.378 e. The Labute approximate surface area is 120 Å². The maximum atomic E-state index is 12.7. The van der Waals surface area contributed by atoms with Gasteiger partial charge in [0.05, 0.1) is 12.0 Å². The molecule has 0 aromatic heterocycles. The maximum Gasteiger partial charge on any atom is 0.228 e. The molecule has 1 saturated heterocycles. The summed E-state index contributed by atoms with van der Waals surface area (Å²) in [6.07, 6.45) is 1.69. The molecule has 1 amide bonds. The molecule has 0 aliphatic carbocycles. The molecule has 0 saturated carbocycles. The van der Waals surface area contributed by atoms with Crippen molar-refractivity contribution < 1.29 is 9.53 Å². The molecule has 1 aliphatic rings. The lowest BCUT2D eigenvalue weighted by Gasteiger charge is -2.27. The number of ether oxygens (including phenoxy) is 1. The van der Waals surface area contributed by atoms with E-state index in [9.17, 15) is 4.79 Å². The summed E-state index contributed by atoms with van der Waals surface area (Å²) < 4.78 is 5.52. The molecule has 4 heteroatoms. The fraction of sp³-hybridized carbons (Fsp3) is 0.562. The number of nitrogens with two attached hydrogens (primary N) is 1. The number of carbonyl (C=O) groups excluding carboxylic acids is 1. The predicted octanol–water partition coefficient (Wildman–Crippen LogP) is 1.79. The first kappa shape index (κ1) is 15.0. The monoisotopic (exact) mass is 276 g/mol. The van der Waals surface area contributed by atoms with Crippen LogP contribution in [0, 0.1) is 5.92 Å². The van der Waals surface area contributed by atoms with Crippen LogP contribution in [0.2, 0.25) is 0 Å². The Bertz CT molecular complexity index is 422. The molecule has 2 unspecified atom stereocenters. The summed E-state index contributed by atoms with van der Waals surface area (Å²) in [7, 11) is 0. The van der Waals surface area contributed by atoms with Crippen molar-refractivity contribution in [2.24, 2.45) is 11.7 Å². The molecule has 0 spiro atoms. The minimum absolute atomic E-state index is 0.00325. The molecule has 1 fully saturated rings. The van der Waals surface area contributed by atoms with Gasteiger partial charge in [-0.3, -0.25) is 4.79 Å². The molecule has 20 heavy (non-hydrogen) atoms. The summed E-state index contributed by atoms with van der Waals surface area (Å²) in [5, 5.41) is 0. The van der Waals surface area contributed by atoms with Gasteiger partial charge in [-0.15, -0.1) is 0 Å². The van der Waals surface area contributed by atoms with Crippen molar-refractivity contribution in [3.8, 4) is 0 Å². The van der Waals surface area contributed by atoms with E-state index in [2.05, 4.69) is 12.1 Å². The quantitative estimate of drug-likeness (QED) is 0.862. The summed E-state index contributed by atoms with van der Waals surface area (Å²) in [5.41, 5.74) is 6.75. The van der Waals surface area contributed by atoms with Crippen LogP contribution in [0.15, 0.2) is 30.3 Å². The number of amides is 1. The average molecular weight is 276 g/mol. The third-order valence-electron chi connectivity index (χ3n) is 3.85. The Kier molecular flexibility index (Phi) is 5.56. The first-order chi connectivity index (χ1) is 9.72. The average Bonchev–Trinajstić information content (AvgIpc) is 2.90. The number of nitrogens with zero attached hydrogens (tertiary/aromatic N) is 1. The molecule has 2 rings (SSSR count). The number of rotatable bonds is 6. The standard InChI is InChI=1S/C16H24N2O2/c1-13-15(8-11-20-13)16(19)18(10-5-9-17)12-14-6-3-2-4-7-14/h2-4,6-7,13,15H,5,8-12,17H2,1H3. The third-order valence-corrected chi connectivity index (χ3v) is 3.85. The summed E-state index contributed by atoms with van der Waals surface area (Å²) in [6, 6.07) is 10.1. The smallest absolute Gasteiger partial charge is 0.228 e. The number of hydrogen-bond donors (Lipinski definition) is 1. The Morgan fingerprint density at radius 2 is 2.15 bits per heavy atom. The van der Waals surface area contributed by atoms with Crippen molar-refractivity contribution in [3.63, 3.8) is 0 Å². The van der Waals surface area contributed by atoms with Gasteiger partial charge in [0.25, 0.3) is 0 Å². The zero-order valence-electron chi connectivity index (χ0n) is 12.1. The van der Waals surface area contributed by atoms with Gasteiger partial charge in [-0.1, -0.05) is 30.3 Å². The molecule has 1 aromatic carbocycles. The van der Waals surface area contributed by atoms with Crippen molar-refractivity contribution in [1.82, 2.24) is 4.90 Å². The van der Waals surface area contributed by atoms with Gasteiger partial charge in [-0.05, 0) is 31.9 Å². The maximum absolute atomic E-state index is 12.7. The summed E-state index contributed by atoms with van der Waals surface area (Å²) in [4.78, 5) is 14.6. The van der Waals surface area contributed by atoms with E-state index in [0.717, 1.165) is 18.4 Å². The highest BCUT2D eigenvalue weighted by Crippen LogP contribution is 2.23. The van der Waals surface area contributed by atoms with Gasteiger partial charge >= 0.3 is 0 Å². The molecule has 1 aromatic rings. The predicted molar refractivity (Wildman–Crippen MR) is 79.1 cm³/mol. The minimum Gasteiger partial charge on any atom is -0.378 e. The molecule has 2 atom stereocenters. The van der Waals surface area contributed by atoms with Crippen molar-refractivity contribution in [1.29, 1.82) is 0 Å². The van der Waals surface area contributed by atoms with E-state index in [1.54, 1.807) is 0 Å². The second kappa shape index (κ2) is 7.41. The molecule has 110 valence electrons. The van der Waals surface area contributed by atoms with Crippen molar-refractivity contribution in [2.75, 3.05) is 19.7 Å². The molecule has 1 heterocycles. The molecular weight excluding hydrogens is 252 g/mol. The van der Waals surface area contributed by atoms with Crippen LogP contribution in [0.25, 0.3) is 0 Å². The molecule has 0 radical (unpaired) electrons. The highest BCUT2D eigenvalue weighted by Gasteiger charge is 2.33. The molecule has 2 N–H and O–H groups in total. The lowest BCUT2D eigenvalue weighted by molar-refractivity contribution is -0.137. The van der Waals surface area contributed by atoms with Gasteiger partial charge in [-0.25, -0.2) is 0 Å². The van der Waals surface area contributed by atoms with Crippen LogP contribution >= 0.6 is 0 Å².